The van der Waals surface area contributed by atoms with E-state index in [9.17, 15) is 4.79 Å². The Morgan fingerprint density at radius 2 is 1.93 bits per heavy atom. The van der Waals surface area contributed by atoms with Crippen molar-refractivity contribution < 1.29 is 4.79 Å². The molecule has 8 heteroatoms. The number of pyridine rings is 1. The fourth-order valence-corrected chi connectivity index (χ4v) is 3.05. The zero-order valence-electron chi connectivity index (χ0n) is 15.1. The quantitative estimate of drug-likeness (QED) is 0.543. The smallest absolute Gasteiger partial charge is 0.320 e. The van der Waals surface area contributed by atoms with Crippen LogP contribution in [0.4, 0.5) is 10.6 Å². The van der Waals surface area contributed by atoms with Crippen molar-refractivity contribution in [2.45, 2.75) is 6.92 Å². The molecule has 0 aliphatic rings. The van der Waals surface area contributed by atoms with Crippen LogP contribution in [-0.4, -0.2) is 32.2 Å². The van der Waals surface area contributed by atoms with Crippen LogP contribution in [0.25, 0.3) is 28.2 Å². The SMILES string of the molecule is CCNC(=O)Nc1cc(-c2c(-c3ccc(Cl)cc3)nc3cccnn23)ccn1. The van der Waals surface area contributed by atoms with E-state index in [1.54, 1.807) is 23.0 Å². The third-order valence-corrected chi connectivity index (χ3v) is 4.37. The zero-order valence-corrected chi connectivity index (χ0v) is 15.8. The van der Waals surface area contributed by atoms with Crippen LogP contribution in [0.5, 0.6) is 0 Å². The van der Waals surface area contributed by atoms with Gasteiger partial charge in [-0.05, 0) is 43.3 Å². The molecule has 0 saturated heterocycles. The van der Waals surface area contributed by atoms with E-state index in [2.05, 4.69) is 20.7 Å². The monoisotopic (exact) mass is 392 g/mol. The van der Waals surface area contributed by atoms with E-state index in [1.807, 2.05) is 49.4 Å². The van der Waals surface area contributed by atoms with E-state index >= 15 is 0 Å². The van der Waals surface area contributed by atoms with Crippen molar-refractivity contribution in [3.63, 3.8) is 0 Å². The number of hydrogen-bond acceptors (Lipinski definition) is 4. The predicted octanol–water partition coefficient (Wildman–Crippen LogP) is 4.25. The van der Waals surface area contributed by atoms with Crippen LogP contribution >= 0.6 is 11.6 Å². The van der Waals surface area contributed by atoms with Gasteiger partial charge in [0.25, 0.3) is 0 Å². The van der Waals surface area contributed by atoms with Gasteiger partial charge in [0.1, 0.15) is 11.5 Å². The maximum absolute atomic E-state index is 11.8. The molecule has 1 aromatic carbocycles. The largest absolute Gasteiger partial charge is 0.338 e. The Morgan fingerprint density at radius 3 is 2.71 bits per heavy atom. The second kappa shape index (κ2) is 7.66. The number of amides is 2. The number of imidazole rings is 1. The summed E-state index contributed by atoms with van der Waals surface area (Å²) in [5.41, 5.74) is 4.04. The van der Waals surface area contributed by atoms with Crippen molar-refractivity contribution >= 4 is 29.1 Å². The lowest BCUT2D eigenvalue weighted by Gasteiger charge is -2.08. The van der Waals surface area contributed by atoms with Gasteiger partial charge in [0, 0.05) is 35.1 Å². The molecule has 7 nitrogen and oxygen atoms in total. The minimum absolute atomic E-state index is 0.304. The van der Waals surface area contributed by atoms with Gasteiger partial charge in [-0.15, -0.1) is 0 Å². The molecular formula is C20H17ClN6O. The lowest BCUT2D eigenvalue weighted by atomic mass is 10.1. The molecule has 2 amide bonds. The average Bonchev–Trinajstić information content (AvgIpc) is 3.08. The minimum atomic E-state index is -0.304. The molecule has 0 spiro atoms. The molecule has 0 fully saturated rings. The summed E-state index contributed by atoms with van der Waals surface area (Å²) in [5, 5.41) is 10.5. The maximum Gasteiger partial charge on any atom is 0.320 e. The van der Waals surface area contributed by atoms with E-state index in [0.717, 1.165) is 28.2 Å². The van der Waals surface area contributed by atoms with Gasteiger partial charge in [-0.25, -0.2) is 19.3 Å². The molecule has 4 rings (SSSR count). The molecule has 2 N–H and O–H groups in total. The van der Waals surface area contributed by atoms with Crippen molar-refractivity contribution in [2.24, 2.45) is 0 Å². The third kappa shape index (κ3) is 3.52. The van der Waals surface area contributed by atoms with Crippen molar-refractivity contribution in [1.29, 1.82) is 0 Å². The number of anilines is 1. The average molecular weight is 393 g/mol. The van der Waals surface area contributed by atoms with E-state index < -0.39 is 0 Å². The molecular weight excluding hydrogens is 376 g/mol. The normalized spacial score (nSPS) is 10.8. The molecule has 28 heavy (non-hydrogen) atoms. The lowest BCUT2D eigenvalue weighted by Crippen LogP contribution is -2.28. The summed E-state index contributed by atoms with van der Waals surface area (Å²) in [6.07, 6.45) is 3.35. The van der Waals surface area contributed by atoms with Gasteiger partial charge in [0.15, 0.2) is 5.65 Å². The van der Waals surface area contributed by atoms with Crippen molar-refractivity contribution in [3.8, 4) is 22.5 Å². The molecule has 0 atom stereocenters. The first kappa shape index (κ1) is 17.9. The molecule has 0 saturated carbocycles. The summed E-state index contributed by atoms with van der Waals surface area (Å²) in [6, 6.07) is 14.6. The molecule has 3 heterocycles. The van der Waals surface area contributed by atoms with Gasteiger partial charge in [-0.2, -0.15) is 5.10 Å². The molecule has 0 aliphatic carbocycles. The van der Waals surface area contributed by atoms with Gasteiger partial charge in [-0.3, -0.25) is 5.32 Å². The molecule has 3 aromatic heterocycles. The summed E-state index contributed by atoms with van der Waals surface area (Å²) < 4.78 is 1.77. The number of aromatic nitrogens is 4. The second-order valence-corrected chi connectivity index (χ2v) is 6.46. The van der Waals surface area contributed by atoms with Crippen LogP contribution in [0, 0.1) is 0 Å². The predicted molar refractivity (Wildman–Crippen MR) is 109 cm³/mol. The Kier molecular flexibility index (Phi) is 4.90. The Morgan fingerprint density at radius 1 is 1.11 bits per heavy atom. The summed E-state index contributed by atoms with van der Waals surface area (Å²) in [6.45, 7) is 2.38. The highest BCUT2D eigenvalue weighted by Crippen LogP contribution is 2.33. The minimum Gasteiger partial charge on any atom is -0.338 e. The molecule has 4 aromatic rings. The number of nitrogens with one attached hydrogen (secondary N) is 2. The number of hydrogen-bond donors (Lipinski definition) is 2. The first-order chi connectivity index (χ1) is 13.7. The zero-order chi connectivity index (χ0) is 19.5. The number of benzene rings is 1. The topological polar surface area (TPSA) is 84.2 Å². The summed E-state index contributed by atoms with van der Waals surface area (Å²) in [7, 11) is 0. The molecule has 0 aliphatic heterocycles. The van der Waals surface area contributed by atoms with Crippen LogP contribution in [0.1, 0.15) is 6.92 Å². The fourth-order valence-electron chi connectivity index (χ4n) is 2.92. The number of halogens is 1. The second-order valence-electron chi connectivity index (χ2n) is 6.02. The van der Waals surface area contributed by atoms with E-state index in [0.29, 0.717) is 17.4 Å². The third-order valence-electron chi connectivity index (χ3n) is 4.12. The van der Waals surface area contributed by atoms with Gasteiger partial charge >= 0.3 is 6.03 Å². The number of fused-ring (bicyclic) bond motifs is 1. The molecule has 140 valence electrons. The Bertz CT molecular complexity index is 1140. The van der Waals surface area contributed by atoms with Gasteiger partial charge in [0.2, 0.25) is 0 Å². The number of urea groups is 1. The number of rotatable bonds is 4. The van der Waals surface area contributed by atoms with E-state index in [4.69, 9.17) is 16.6 Å². The summed E-state index contributed by atoms with van der Waals surface area (Å²) in [5.74, 6) is 0.441. The standard InChI is InChI=1S/C20H17ClN6O/c1-2-22-20(28)25-16-12-14(9-11-23-16)19-18(13-5-7-15(21)8-6-13)26-17-4-3-10-24-27(17)19/h3-12H,2H2,1H3,(H2,22,23,25,28). The Labute approximate surface area is 166 Å². The van der Waals surface area contributed by atoms with Gasteiger partial charge in [0.05, 0.1) is 5.69 Å². The highest BCUT2D eigenvalue weighted by molar-refractivity contribution is 6.30. The van der Waals surface area contributed by atoms with Crippen LogP contribution in [0.3, 0.4) is 0 Å². The number of nitrogens with zero attached hydrogens (tertiary/aromatic N) is 4. The number of carbonyl (C=O) groups excluding carboxylic acids is 1. The molecule has 0 unspecified atom stereocenters. The Balaban J connectivity index is 1.85. The number of carbonyl (C=O) groups is 1. The Hall–Kier alpha value is -3.45. The van der Waals surface area contributed by atoms with Crippen molar-refractivity contribution in [2.75, 3.05) is 11.9 Å². The first-order valence-corrected chi connectivity index (χ1v) is 9.14. The van der Waals surface area contributed by atoms with Crippen molar-refractivity contribution in [1.82, 2.24) is 24.9 Å². The van der Waals surface area contributed by atoms with Crippen LogP contribution < -0.4 is 10.6 Å². The van der Waals surface area contributed by atoms with Crippen molar-refractivity contribution in [3.05, 3.63) is 65.9 Å². The first-order valence-electron chi connectivity index (χ1n) is 8.76. The highest BCUT2D eigenvalue weighted by Gasteiger charge is 2.17. The highest BCUT2D eigenvalue weighted by atomic mass is 35.5. The van der Waals surface area contributed by atoms with Gasteiger partial charge < -0.3 is 5.32 Å². The van der Waals surface area contributed by atoms with Gasteiger partial charge in [-0.1, -0.05) is 23.7 Å². The molecule has 0 radical (unpaired) electrons. The van der Waals surface area contributed by atoms with Crippen LogP contribution in [0.2, 0.25) is 5.02 Å². The maximum atomic E-state index is 11.8. The summed E-state index contributed by atoms with van der Waals surface area (Å²) in [4.78, 5) is 20.8. The lowest BCUT2D eigenvalue weighted by molar-refractivity contribution is 0.252. The van der Waals surface area contributed by atoms with Crippen LogP contribution in [0.15, 0.2) is 60.9 Å². The van der Waals surface area contributed by atoms with Crippen LogP contribution in [-0.2, 0) is 0 Å². The van der Waals surface area contributed by atoms with E-state index in [1.165, 1.54) is 0 Å². The summed E-state index contributed by atoms with van der Waals surface area (Å²) >= 11 is 6.04. The fraction of sp³-hybridized carbons (Fsp3) is 0.100. The van der Waals surface area contributed by atoms with E-state index in [-0.39, 0.29) is 6.03 Å². The molecule has 0 bridgehead atoms.